The minimum atomic E-state index is -2.14. The molecule has 0 bridgehead atoms. The molecule has 0 saturated heterocycles. The Morgan fingerprint density at radius 2 is 1.04 bits per heavy atom. The normalized spacial score (nSPS) is 15.6. The van der Waals surface area contributed by atoms with Crippen molar-refractivity contribution in [2.45, 2.75) is 36.2 Å². The predicted molar refractivity (Wildman–Crippen MR) is 114 cm³/mol. The smallest absolute Gasteiger partial charge is 0.227 e. The highest BCUT2D eigenvalue weighted by molar-refractivity contribution is 6.76. The molecule has 0 amide bonds. The van der Waals surface area contributed by atoms with Gasteiger partial charge in [-0.3, -0.25) is 0 Å². The fourth-order valence-corrected chi connectivity index (χ4v) is 3.34. The Bertz CT molecular complexity index is 571. The van der Waals surface area contributed by atoms with Crippen LogP contribution in [0.15, 0.2) is 18.2 Å². The second kappa shape index (κ2) is 8.44. The predicted octanol–water partition coefficient (Wildman–Crippen LogP) is 8.38. The Labute approximate surface area is 196 Å². The first-order valence-corrected chi connectivity index (χ1v) is 10.4. The van der Waals surface area contributed by atoms with E-state index in [0.29, 0.717) is 0 Å². The topological polar surface area (TPSA) is 20.2 Å². The summed E-state index contributed by atoms with van der Waals surface area (Å²) < 4.78 is -8.37. The summed E-state index contributed by atoms with van der Waals surface area (Å²) >= 11 is 60.7. The molecule has 0 aliphatic heterocycles. The van der Waals surface area contributed by atoms with Gasteiger partial charge in [-0.1, -0.05) is 148 Å². The molecular weight excluding hydrogens is 539 g/mol. The molecule has 0 heterocycles. The van der Waals surface area contributed by atoms with Crippen LogP contribution in [0.2, 0.25) is 0 Å². The summed E-state index contributed by atoms with van der Waals surface area (Å²) in [7, 11) is 0. The largest absolute Gasteiger partial charge is 0.388 e. The Morgan fingerprint density at radius 3 is 1.28 bits per heavy atom. The van der Waals surface area contributed by atoms with Crippen LogP contribution in [-0.4, -0.2) is 12.7 Å². The van der Waals surface area contributed by atoms with Crippen LogP contribution in [0.5, 0.6) is 0 Å². The van der Waals surface area contributed by atoms with Crippen LogP contribution in [0.25, 0.3) is 0 Å². The van der Waals surface area contributed by atoms with E-state index in [2.05, 4.69) is 0 Å². The summed E-state index contributed by atoms with van der Waals surface area (Å²) in [4.78, 5) is 0. The Kier molecular flexibility index (Phi) is 8.48. The quantitative estimate of drug-likeness (QED) is 0.373. The van der Waals surface area contributed by atoms with Gasteiger partial charge in [0.15, 0.2) is 8.67 Å². The van der Waals surface area contributed by atoms with Gasteiger partial charge < -0.3 is 5.11 Å². The second-order valence-electron chi connectivity index (χ2n) is 5.60. The number of aliphatic hydroxyl groups excluding tert-OH is 1. The zero-order chi connectivity index (χ0) is 20.0. The molecule has 1 unspecified atom stereocenters. The van der Waals surface area contributed by atoms with Crippen molar-refractivity contribution < 1.29 is 5.11 Å². The summed E-state index contributed by atoms with van der Waals surface area (Å²) in [6, 6.07) is 4.43. The fourth-order valence-electron chi connectivity index (χ4n) is 2.07. The van der Waals surface area contributed by atoms with Crippen molar-refractivity contribution in [1.82, 2.24) is 0 Å². The van der Waals surface area contributed by atoms with Gasteiger partial charge in [-0.25, -0.2) is 0 Å². The Hall–Kier alpha value is 2.08. The number of alkyl halides is 10. The number of hydrogen-bond donors (Lipinski definition) is 1. The van der Waals surface area contributed by atoms with Crippen LogP contribution in [0.3, 0.4) is 0 Å². The molecule has 1 N–H and O–H groups in total. The number of hydrogen-bond acceptors (Lipinski definition) is 1. The maximum Gasteiger partial charge on any atom is 0.227 e. The van der Waals surface area contributed by atoms with E-state index in [1.165, 1.54) is 18.2 Å². The number of aliphatic hydroxyl groups is 1. The highest BCUT2D eigenvalue weighted by Gasteiger charge is 2.53. The third kappa shape index (κ3) is 5.17. The lowest BCUT2D eigenvalue weighted by atomic mass is 9.88. The molecule has 0 aliphatic rings. The zero-order valence-corrected chi connectivity index (χ0v) is 20.2. The molecule has 144 valence electrons. The molecule has 1 atom stereocenters. The molecule has 11 heteroatoms. The minimum Gasteiger partial charge on any atom is -0.388 e. The molecular formula is C14H12Cl10O. The molecule has 0 radical (unpaired) electrons. The van der Waals surface area contributed by atoms with Crippen LogP contribution in [-0.2, 0) is 8.67 Å². The van der Waals surface area contributed by atoms with Crippen LogP contribution < -0.4 is 0 Å². The molecule has 0 spiro atoms. The van der Waals surface area contributed by atoms with Gasteiger partial charge >= 0.3 is 0 Å². The third-order valence-electron chi connectivity index (χ3n) is 3.42. The Balaban J connectivity index is 3.88. The average Bonchev–Trinajstić information content (AvgIpc) is 2.42. The number of rotatable bonds is 4. The van der Waals surface area contributed by atoms with E-state index in [9.17, 15) is 5.11 Å². The van der Waals surface area contributed by atoms with Crippen molar-refractivity contribution in [3.05, 3.63) is 34.9 Å². The molecule has 1 rings (SSSR count). The molecule has 0 fully saturated rings. The van der Waals surface area contributed by atoms with Gasteiger partial charge in [0.1, 0.15) is 0 Å². The molecule has 1 aromatic carbocycles. The second-order valence-corrected chi connectivity index (χ2v) is 12.8. The first-order chi connectivity index (χ1) is 11.0. The molecule has 0 saturated carbocycles. The van der Waals surface area contributed by atoms with Crippen molar-refractivity contribution in [3.63, 3.8) is 0 Å². The van der Waals surface area contributed by atoms with Gasteiger partial charge in [-0.05, 0) is 22.6 Å². The molecule has 1 aromatic rings. The molecule has 0 aliphatic carbocycles. The Morgan fingerprint density at radius 1 is 0.720 bits per heavy atom. The summed E-state index contributed by atoms with van der Waals surface area (Å²) in [5.74, 6) is -0.307. The fraction of sp³-hybridized carbons (Fsp3) is 0.571. The van der Waals surface area contributed by atoms with E-state index in [1.807, 2.05) is 0 Å². The lowest BCUT2D eigenvalue weighted by Crippen LogP contribution is -2.35. The number of benzene rings is 1. The van der Waals surface area contributed by atoms with Crippen molar-refractivity contribution in [3.8, 4) is 0 Å². The van der Waals surface area contributed by atoms with E-state index in [-0.39, 0.29) is 22.6 Å². The maximum absolute atomic E-state index is 10.7. The van der Waals surface area contributed by atoms with Crippen LogP contribution in [0.1, 0.15) is 36.6 Å². The molecule has 1 nitrogen and oxygen atoms in total. The first kappa shape index (κ1) is 25.1. The highest BCUT2D eigenvalue weighted by Crippen LogP contribution is 2.59. The first-order valence-electron chi connectivity index (χ1n) is 6.67. The van der Waals surface area contributed by atoms with Gasteiger partial charge in [0.2, 0.25) is 7.59 Å². The van der Waals surface area contributed by atoms with Gasteiger partial charge in [0.05, 0.1) is 6.10 Å². The SMILES string of the molecule is CC(C)C(O)c1c(C(Cl)(Cl)C(Cl)(Cl)Cl)cccc1C(Cl)(Cl)C(Cl)(Cl)Cl. The molecule has 0 aromatic heterocycles. The monoisotopic (exact) mass is 546 g/mol. The lowest BCUT2D eigenvalue weighted by Gasteiger charge is -2.36. The van der Waals surface area contributed by atoms with Crippen LogP contribution in [0.4, 0.5) is 0 Å². The van der Waals surface area contributed by atoms with Crippen molar-refractivity contribution in [1.29, 1.82) is 0 Å². The van der Waals surface area contributed by atoms with Crippen molar-refractivity contribution >= 4 is 116 Å². The average molecular weight is 551 g/mol. The summed E-state index contributed by atoms with van der Waals surface area (Å²) in [5, 5.41) is 10.7. The highest BCUT2D eigenvalue weighted by atomic mass is 35.6. The maximum atomic E-state index is 10.7. The van der Waals surface area contributed by atoms with Crippen molar-refractivity contribution in [2.75, 3.05) is 0 Å². The summed E-state index contributed by atoms with van der Waals surface area (Å²) in [6.07, 6.45) is -1.14. The van der Waals surface area contributed by atoms with E-state index >= 15 is 0 Å². The van der Waals surface area contributed by atoms with Gasteiger partial charge in [-0.15, -0.1) is 0 Å². The van der Waals surface area contributed by atoms with Crippen LogP contribution >= 0.6 is 116 Å². The summed E-state index contributed by atoms with van der Waals surface area (Å²) in [6.45, 7) is 3.48. The number of halogens is 10. The van der Waals surface area contributed by atoms with E-state index in [1.54, 1.807) is 13.8 Å². The minimum absolute atomic E-state index is 0.0782. The summed E-state index contributed by atoms with van der Waals surface area (Å²) in [5.41, 5.74) is 0.272. The van der Waals surface area contributed by atoms with E-state index < -0.39 is 22.4 Å². The lowest BCUT2D eigenvalue weighted by molar-refractivity contribution is 0.124. The van der Waals surface area contributed by atoms with Crippen LogP contribution in [0, 0.1) is 5.92 Å². The van der Waals surface area contributed by atoms with Gasteiger partial charge in [0.25, 0.3) is 0 Å². The standard InChI is InChI=1S/C14H12Cl10O/c1-6(2)10(25)9-7(11(15,16)13(19,20)21)4-3-5-8(9)12(17,18)14(22,23)24/h3-6,10,25H,1-2H3. The molecule has 25 heavy (non-hydrogen) atoms. The van der Waals surface area contributed by atoms with Crippen molar-refractivity contribution in [2.24, 2.45) is 5.92 Å². The van der Waals surface area contributed by atoms with E-state index in [0.717, 1.165) is 0 Å². The zero-order valence-electron chi connectivity index (χ0n) is 12.6. The van der Waals surface area contributed by atoms with Gasteiger partial charge in [-0.2, -0.15) is 0 Å². The third-order valence-corrected chi connectivity index (χ3v) is 8.23. The van der Waals surface area contributed by atoms with E-state index in [4.69, 9.17) is 116 Å². The van der Waals surface area contributed by atoms with Gasteiger partial charge in [0, 0.05) is 0 Å².